The van der Waals surface area contributed by atoms with Gasteiger partial charge in [0.2, 0.25) is 0 Å². The topological polar surface area (TPSA) is 29.4 Å². The van der Waals surface area contributed by atoms with E-state index in [0.717, 1.165) is 11.8 Å². The van der Waals surface area contributed by atoms with E-state index in [0.29, 0.717) is 0 Å². The largest absolute Gasteiger partial charge is 0.241 e. The van der Waals surface area contributed by atoms with Crippen molar-refractivity contribution in [2.24, 2.45) is 4.40 Å². The molecule has 0 aromatic heterocycles. The molecule has 2 nitrogen and oxygen atoms in total. The number of rotatable bonds is 4. The third kappa shape index (κ3) is 5.22. The maximum atomic E-state index is 13.6. The lowest BCUT2D eigenvalue weighted by molar-refractivity contribution is 0.429. The lowest BCUT2D eigenvalue weighted by atomic mass is 10.1. The van der Waals surface area contributed by atoms with Crippen molar-refractivity contribution in [3.63, 3.8) is 0 Å². The van der Waals surface area contributed by atoms with E-state index in [9.17, 15) is 8.60 Å². The van der Waals surface area contributed by atoms with Gasteiger partial charge in [0.1, 0.15) is 17.2 Å². The SMILES string of the molecule is CC(C)(C)S(=O)/N=C/[C@H](F)Cc1ccccc1. The van der Waals surface area contributed by atoms with Crippen molar-refractivity contribution >= 4 is 17.2 Å². The minimum atomic E-state index is -1.39. The highest BCUT2D eigenvalue weighted by molar-refractivity contribution is 7.85. The highest BCUT2D eigenvalue weighted by Crippen LogP contribution is 2.12. The summed E-state index contributed by atoms with van der Waals surface area (Å²) in [5.74, 6) is 0. The van der Waals surface area contributed by atoms with E-state index < -0.39 is 21.9 Å². The fourth-order valence-corrected chi connectivity index (χ4v) is 1.73. The van der Waals surface area contributed by atoms with Gasteiger partial charge in [-0.25, -0.2) is 8.60 Å². The van der Waals surface area contributed by atoms with Gasteiger partial charge in [-0.2, -0.15) is 4.40 Å². The molecule has 0 spiro atoms. The predicted molar refractivity (Wildman–Crippen MR) is 71.4 cm³/mol. The van der Waals surface area contributed by atoms with Crippen molar-refractivity contribution in [3.8, 4) is 0 Å². The Morgan fingerprint density at radius 2 is 1.94 bits per heavy atom. The predicted octanol–water partition coefficient (Wildman–Crippen LogP) is 3.10. The molecule has 0 saturated carbocycles. The summed E-state index contributed by atoms with van der Waals surface area (Å²) in [6, 6.07) is 9.35. The molecule has 0 aliphatic carbocycles. The van der Waals surface area contributed by atoms with Crippen LogP contribution in [0.4, 0.5) is 4.39 Å². The molecule has 2 atom stereocenters. The molecule has 4 heteroatoms. The minimum absolute atomic E-state index is 0.270. The molecule has 1 rings (SSSR count). The van der Waals surface area contributed by atoms with Gasteiger partial charge in [-0.3, -0.25) is 0 Å². The van der Waals surface area contributed by atoms with Gasteiger partial charge in [0.15, 0.2) is 0 Å². The first-order valence-corrected chi connectivity index (χ1v) is 6.64. The first-order chi connectivity index (χ1) is 7.89. The number of alkyl halides is 1. The normalized spacial score (nSPS) is 16.0. The molecule has 0 radical (unpaired) electrons. The van der Waals surface area contributed by atoms with Crippen LogP contribution in [0.25, 0.3) is 0 Å². The van der Waals surface area contributed by atoms with Crippen LogP contribution in [0.3, 0.4) is 0 Å². The summed E-state index contributed by atoms with van der Waals surface area (Å²) in [6.45, 7) is 5.43. The molecule has 0 bridgehead atoms. The van der Waals surface area contributed by atoms with Crippen molar-refractivity contribution in [1.29, 1.82) is 0 Å². The third-order valence-electron chi connectivity index (χ3n) is 2.12. The second kappa shape index (κ2) is 6.05. The number of hydrogen-bond acceptors (Lipinski definition) is 1. The molecule has 0 saturated heterocycles. The highest BCUT2D eigenvalue weighted by atomic mass is 32.2. The van der Waals surface area contributed by atoms with Crippen LogP contribution in [0.1, 0.15) is 26.3 Å². The highest BCUT2D eigenvalue weighted by Gasteiger charge is 2.18. The van der Waals surface area contributed by atoms with Gasteiger partial charge < -0.3 is 0 Å². The molecule has 0 N–H and O–H groups in total. The molecule has 0 aliphatic rings. The summed E-state index contributed by atoms with van der Waals surface area (Å²) in [5.41, 5.74) is 0.910. The Balaban J connectivity index is 2.53. The number of nitrogens with zero attached hydrogens (tertiary/aromatic N) is 1. The maximum absolute atomic E-state index is 13.6. The van der Waals surface area contributed by atoms with Crippen LogP contribution in [0.5, 0.6) is 0 Å². The number of benzene rings is 1. The van der Waals surface area contributed by atoms with Crippen molar-refractivity contribution < 1.29 is 8.60 Å². The fourth-order valence-electron chi connectivity index (χ4n) is 1.17. The zero-order chi connectivity index (χ0) is 12.9. The summed E-state index contributed by atoms with van der Waals surface area (Å²) in [5, 5.41) is 0. The molecule has 1 aromatic rings. The van der Waals surface area contributed by atoms with E-state index in [4.69, 9.17) is 0 Å². The minimum Gasteiger partial charge on any atom is -0.241 e. The van der Waals surface area contributed by atoms with Crippen LogP contribution >= 0.6 is 0 Å². The zero-order valence-corrected chi connectivity index (χ0v) is 11.2. The number of halogens is 1. The van der Waals surface area contributed by atoms with Gasteiger partial charge in [-0.05, 0) is 26.3 Å². The number of hydrogen-bond donors (Lipinski definition) is 0. The van der Waals surface area contributed by atoms with E-state index in [1.807, 2.05) is 51.1 Å². The molecule has 0 heterocycles. The smallest absolute Gasteiger partial charge is 0.144 e. The monoisotopic (exact) mass is 255 g/mol. The molecular formula is C13H18FNOS. The fraction of sp³-hybridized carbons (Fsp3) is 0.462. The van der Waals surface area contributed by atoms with Crippen molar-refractivity contribution in [2.45, 2.75) is 38.1 Å². The van der Waals surface area contributed by atoms with Gasteiger partial charge in [0.25, 0.3) is 0 Å². The maximum Gasteiger partial charge on any atom is 0.144 e. The molecule has 17 heavy (non-hydrogen) atoms. The lowest BCUT2D eigenvalue weighted by Gasteiger charge is -2.13. The summed E-state index contributed by atoms with van der Waals surface area (Å²) in [7, 11) is -1.39. The quantitative estimate of drug-likeness (QED) is 0.760. The summed E-state index contributed by atoms with van der Waals surface area (Å²) >= 11 is 0. The van der Waals surface area contributed by atoms with Gasteiger partial charge in [-0.1, -0.05) is 30.3 Å². The molecule has 1 unspecified atom stereocenters. The Bertz CT molecular complexity index is 398. The Hall–Kier alpha value is -1.03. The van der Waals surface area contributed by atoms with Crippen LogP contribution in [0, 0.1) is 0 Å². The first-order valence-electron chi connectivity index (χ1n) is 5.54. The Kier molecular flexibility index (Phi) is 5.00. The van der Waals surface area contributed by atoms with E-state index in [1.54, 1.807) is 0 Å². The van der Waals surface area contributed by atoms with E-state index in [2.05, 4.69) is 4.40 Å². The molecule has 1 aromatic carbocycles. The molecule has 0 fully saturated rings. The van der Waals surface area contributed by atoms with Gasteiger partial charge >= 0.3 is 0 Å². The second-order valence-corrected chi connectivity index (χ2v) is 6.76. The Morgan fingerprint density at radius 3 is 2.47 bits per heavy atom. The standard InChI is InChI=1S/C13H18FNOS/c1-13(2,3)17(16)15-10-12(14)9-11-7-5-4-6-8-11/h4-8,10,12H,9H2,1-3H3/b15-10+/t12-,17?/m1/s1. The van der Waals surface area contributed by atoms with Crippen LogP contribution in [0.2, 0.25) is 0 Å². The van der Waals surface area contributed by atoms with Crippen LogP contribution in [-0.4, -0.2) is 21.3 Å². The van der Waals surface area contributed by atoms with Crippen LogP contribution in [0.15, 0.2) is 34.7 Å². The van der Waals surface area contributed by atoms with Crippen LogP contribution in [-0.2, 0) is 17.4 Å². The van der Waals surface area contributed by atoms with E-state index >= 15 is 0 Å². The molecular weight excluding hydrogens is 237 g/mol. The average Bonchev–Trinajstić information content (AvgIpc) is 2.26. The van der Waals surface area contributed by atoms with Crippen LogP contribution < -0.4 is 0 Å². The van der Waals surface area contributed by atoms with E-state index in [1.165, 1.54) is 0 Å². The second-order valence-electron chi connectivity index (χ2n) is 4.82. The van der Waals surface area contributed by atoms with Gasteiger partial charge in [-0.15, -0.1) is 0 Å². The molecule has 94 valence electrons. The molecule has 0 amide bonds. The van der Waals surface area contributed by atoms with Gasteiger partial charge in [0, 0.05) is 12.6 Å². The third-order valence-corrected chi connectivity index (χ3v) is 3.48. The van der Waals surface area contributed by atoms with E-state index in [-0.39, 0.29) is 6.42 Å². The summed E-state index contributed by atoms with van der Waals surface area (Å²) < 4.78 is 28.4. The van der Waals surface area contributed by atoms with Crippen molar-refractivity contribution in [2.75, 3.05) is 0 Å². The average molecular weight is 255 g/mol. The lowest BCUT2D eigenvalue weighted by Crippen LogP contribution is -2.20. The Morgan fingerprint density at radius 1 is 1.35 bits per heavy atom. The summed E-state index contributed by atoms with van der Waals surface area (Å²) in [6.07, 6.45) is 0.226. The van der Waals surface area contributed by atoms with Gasteiger partial charge in [0.05, 0.1) is 4.75 Å². The first kappa shape index (κ1) is 14.0. The zero-order valence-electron chi connectivity index (χ0n) is 10.4. The summed E-state index contributed by atoms with van der Waals surface area (Å²) in [4.78, 5) is 0. The Labute approximate surface area is 105 Å². The molecule has 0 aliphatic heterocycles. The van der Waals surface area contributed by atoms with Crippen molar-refractivity contribution in [3.05, 3.63) is 35.9 Å². The van der Waals surface area contributed by atoms with Crippen molar-refractivity contribution in [1.82, 2.24) is 0 Å².